The predicted octanol–water partition coefficient (Wildman–Crippen LogP) is 2.16. The Bertz CT molecular complexity index is 152. The first-order valence-corrected chi connectivity index (χ1v) is 4.92. The average molecular weight is 166 g/mol. The summed E-state index contributed by atoms with van der Waals surface area (Å²) in [7, 11) is 2.07. The zero-order chi connectivity index (χ0) is 8.81. The van der Waals surface area contributed by atoms with Crippen LogP contribution in [0.4, 0.5) is 0 Å². The molecular formula is C10H18N2. The van der Waals surface area contributed by atoms with E-state index in [-0.39, 0.29) is 0 Å². The molecule has 0 N–H and O–H groups in total. The van der Waals surface area contributed by atoms with Crippen molar-refractivity contribution in [3.8, 4) is 6.07 Å². The standard InChI is InChI=1S/C10H18N2/c1-12(9-8-11)10-6-4-2-3-5-7-10/h10H,2-7,9H2,1H3. The molecule has 1 aliphatic carbocycles. The van der Waals surface area contributed by atoms with Gasteiger partial charge in [0.2, 0.25) is 0 Å². The summed E-state index contributed by atoms with van der Waals surface area (Å²) in [6.07, 6.45) is 8.05. The van der Waals surface area contributed by atoms with Crippen LogP contribution in [-0.2, 0) is 0 Å². The van der Waals surface area contributed by atoms with Crippen LogP contribution in [0, 0.1) is 11.3 Å². The van der Waals surface area contributed by atoms with Crippen LogP contribution in [-0.4, -0.2) is 24.5 Å². The molecule has 0 aromatic carbocycles. The number of hydrogen-bond acceptors (Lipinski definition) is 2. The Labute approximate surface area is 75.2 Å². The van der Waals surface area contributed by atoms with Gasteiger partial charge in [0.15, 0.2) is 0 Å². The molecule has 0 saturated heterocycles. The maximum absolute atomic E-state index is 8.55. The fourth-order valence-corrected chi connectivity index (χ4v) is 1.94. The lowest BCUT2D eigenvalue weighted by atomic mass is 10.1. The van der Waals surface area contributed by atoms with Gasteiger partial charge >= 0.3 is 0 Å². The van der Waals surface area contributed by atoms with Gasteiger partial charge in [0.1, 0.15) is 0 Å². The first-order chi connectivity index (χ1) is 5.84. The monoisotopic (exact) mass is 166 g/mol. The minimum absolute atomic E-state index is 0.588. The third-order valence-corrected chi connectivity index (χ3v) is 2.77. The Hall–Kier alpha value is -0.550. The molecule has 1 aliphatic rings. The zero-order valence-electron chi connectivity index (χ0n) is 7.92. The molecule has 1 rings (SSSR count). The van der Waals surface area contributed by atoms with Crippen molar-refractivity contribution in [2.45, 2.75) is 44.6 Å². The molecule has 0 aliphatic heterocycles. The van der Waals surface area contributed by atoms with Crippen molar-refractivity contribution in [1.29, 1.82) is 5.26 Å². The normalized spacial score (nSPS) is 20.4. The smallest absolute Gasteiger partial charge is 0.0865 e. The van der Waals surface area contributed by atoms with E-state index in [1.165, 1.54) is 38.5 Å². The van der Waals surface area contributed by atoms with Crippen molar-refractivity contribution in [3.63, 3.8) is 0 Å². The molecule has 0 aromatic rings. The first kappa shape index (κ1) is 9.54. The van der Waals surface area contributed by atoms with Gasteiger partial charge in [-0.3, -0.25) is 4.90 Å². The number of nitrogens with zero attached hydrogens (tertiary/aromatic N) is 2. The van der Waals surface area contributed by atoms with E-state index in [4.69, 9.17) is 5.26 Å². The topological polar surface area (TPSA) is 27.0 Å². The van der Waals surface area contributed by atoms with Crippen LogP contribution in [0.1, 0.15) is 38.5 Å². The lowest BCUT2D eigenvalue weighted by Gasteiger charge is -2.23. The Morgan fingerprint density at radius 2 is 1.83 bits per heavy atom. The lowest BCUT2D eigenvalue weighted by molar-refractivity contribution is 0.245. The van der Waals surface area contributed by atoms with Crippen molar-refractivity contribution in [3.05, 3.63) is 0 Å². The molecule has 0 radical (unpaired) electrons. The van der Waals surface area contributed by atoms with Gasteiger partial charge in [-0.15, -0.1) is 0 Å². The maximum Gasteiger partial charge on any atom is 0.0865 e. The maximum atomic E-state index is 8.55. The van der Waals surface area contributed by atoms with Gasteiger partial charge in [0, 0.05) is 6.04 Å². The number of rotatable bonds is 2. The zero-order valence-corrected chi connectivity index (χ0v) is 7.92. The van der Waals surface area contributed by atoms with Crippen LogP contribution in [0.3, 0.4) is 0 Å². The largest absolute Gasteiger partial charge is 0.291 e. The van der Waals surface area contributed by atoms with Gasteiger partial charge in [-0.25, -0.2) is 0 Å². The molecule has 0 amide bonds. The molecule has 12 heavy (non-hydrogen) atoms. The van der Waals surface area contributed by atoms with Crippen LogP contribution >= 0.6 is 0 Å². The highest BCUT2D eigenvalue weighted by Crippen LogP contribution is 2.20. The average Bonchev–Trinajstić information content (AvgIpc) is 2.32. The Morgan fingerprint density at radius 1 is 1.25 bits per heavy atom. The molecule has 0 spiro atoms. The summed E-state index contributed by atoms with van der Waals surface area (Å²) in [6, 6.07) is 2.88. The molecule has 0 aromatic heterocycles. The minimum Gasteiger partial charge on any atom is -0.291 e. The van der Waals surface area contributed by atoms with Crippen LogP contribution < -0.4 is 0 Å². The van der Waals surface area contributed by atoms with Crippen LogP contribution in [0.2, 0.25) is 0 Å². The van der Waals surface area contributed by atoms with Crippen LogP contribution in [0.25, 0.3) is 0 Å². The number of hydrogen-bond donors (Lipinski definition) is 0. The fraction of sp³-hybridized carbons (Fsp3) is 0.900. The second kappa shape index (κ2) is 5.16. The van der Waals surface area contributed by atoms with Crippen LogP contribution in [0.5, 0.6) is 0 Å². The van der Waals surface area contributed by atoms with E-state index in [1.54, 1.807) is 0 Å². The Morgan fingerprint density at radius 3 is 2.33 bits per heavy atom. The van der Waals surface area contributed by atoms with Crippen molar-refractivity contribution < 1.29 is 0 Å². The Kier molecular flexibility index (Phi) is 4.10. The van der Waals surface area contributed by atoms with E-state index >= 15 is 0 Å². The molecule has 0 atom stereocenters. The van der Waals surface area contributed by atoms with Gasteiger partial charge in [-0.1, -0.05) is 25.7 Å². The Balaban J connectivity index is 2.33. The molecule has 0 heterocycles. The summed E-state index contributed by atoms with van der Waals surface area (Å²) in [4.78, 5) is 2.20. The summed E-state index contributed by atoms with van der Waals surface area (Å²) in [6.45, 7) is 0.588. The quantitative estimate of drug-likeness (QED) is 0.464. The third kappa shape index (κ3) is 2.83. The van der Waals surface area contributed by atoms with Crippen molar-refractivity contribution >= 4 is 0 Å². The van der Waals surface area contributed by atoms with Gasteiger partial charge in [0.25, 0.3) is 0 Å². The SMILES string of the molecule is CN(CC#N)C1CCCCCC1. The first-order valence-electron chi connectivity index (χ1n) is 4.92. The highest BCUT2D eigenvalue weighted by Gasteiger charge is 2.15. The van der Waals surface area contributed by atoms with Crippen molar-refractivity contribution in [1.82, 2.24) is 4.90 Å². The molecule has 2 heteroatoms. The summed E-state index contributed by atoms with van der Waals surface area (Å²) in [5.74, 6) is 0. The van der Waals surface area contributed by atoms with Gasteiger partial charge in [-0.2, -0.15) is 5.26 Å². The highest BCUT2D eigenvalue weighted by atomic mass is 15.1. The van der Waals surface area contributed by atoms with E-state index in [1.807, 2.05) is 0 Å². The second-order valence-electron chi connectivity index (χ2n) is 3.72. The summed E-state index contributed by atoms with van der Waals surface area (Å²) in [5.41, 5.74) is 0. The minimum atomic E-state index is 0.588. The van der Waals surface area contributed by atoms with Gasteiger partial charge < -0.3 is 0 Å². The molecular weight excluding hydrogens is 148 g/mol. The van der Waals surface area contributed by atoms with E-state index in [2.05, 4.69) is 18.0 Å². The second-order valence-corrected chi connectivity index (χ2v) is 3.72. The number of nitriles is 1. The molecule has 68 valence electrons. The summed E-state index contributed by atoms with van der Waals surface area (Å²) < 4.78 is 0. The molecule has 2 nitrogen and oxygen atoms in total. The van der Waals surface area contributed by atoms with E-state index in [0.29, 0.717) is 12.6 Å². The highest BCUT2D eigenvalue weighted by molar-refractivity contribution is 4.80. The fourth-order valence-electron chi connectivity index (χ4n) is 1.94. The molecule has 0 bridgehead atoms. The lowest BCUT2D eigenvalue weighted by Crippen LogP contribution is -2.31. The van der Waals surface area contributed by atoms with E-state index in [9.17, 15) is 0 Å². The van der Waals surface area contributed by atoms with E-state index in [0.717, 1.165) is 0 Å². The van der Waals surface area contributed by atoms with Gasteiger partial charge in [-0.05, 0) is 19.9 Å². The van der Waals surface area contributed by atoms with E-state index < -0.39 is 0 Å². The van der Waals surface area contributed by atoms with Crippen molar-refractivity contribution in [2.24, 2.45) is 0 Å². The molecule has 1 saturated carbocycles. The van der Waals surface area contributed by atoms with Crippen molar-refractivity contribution in [2.75, 3.05) is 13.6 Å². The summed E-state index contributed by atoms with van der Waals surface area (Å²) >= 11 is 0. The summed E-state index contributed by atoms with van der Waals surface area (Å²) in [5, 5.41) is 8.55. The van der Waals surface area contributed by atoms with Gasteiger partial charge in [0.05, 0.1) is 12.6 Å². The molecule has 1 fully saturated rings. The molecule has 0 unspecified atom stereocenters. The van der Waals surface area contributed by atoms with Crippen LogP contribution in [0.15, 0.2) is 0 Å². The third-order valence-electron chi connectivity index (χ3n) is 2.77. The predicted molar refractivity (Wildman–Crippen MR) is 49.7 cm³/mol.